The van der Waals surface area contributed by atoms with Crippen LogP contribution in [-0.4, -0.2) is 10.5 Å². The van der Waals surface area contributed by atoms with Crippen LogP contribution in [-0.2, 0) is 7.05 Å². The average Bonchev–Trinajstić information content (AvgIpc) is 3.53. The van der Waals surface area contributed by atoms with E-state index >= 15 is 0 Å². The van der Waals surface area contributed by atoms with Gasteiger partial charge in [-0.1, -0.05) is 18.2 Å². The lowest BCUT2D eigenvalue weighted by atomic mass is 9.92. The first-order valence-corrected chi connectivity index (χ1v) is 10.3. The maximum atomic E-state index is 13.9. The molecule has 1 fully saturated rings. The predicted molar refractivity (Wildman–Crippen MR) is 118 cm³/mol. The Bertz CT molecular complexity index is 1430. The molecule has 4 aromatic rings. The number of nitrogens with zero attached hydrogens (tertiary/aromatic N) is 1. The van der Waals surface area contributed by atoms with Crippen LogP contribution in [0.5, 0.6) is 0 Å². The predicted octanol–water partition coefficient (Wildman–Crippen LogP) is 5.51. The topological polar surface area (TPSA) is 64.2 Å². The van der Waals surface area contributed by atoms with Crippen molar-refractivity contribution < 1.29 is 18.0 Å². The fraction of sp³-hybridized carbons (Fsp3) is 0.200. The zero-order valence-electron chi connectivity index (χ0n) is 17.5. The number of hydrogen-bond acceptors (Lipinski definition) is 3. The van der Waals surface area contributed by atoms with Crippen molar-refractivity contribution >= 4 is 22.7 Å². The first kappa shape index (κ1) is 20.2. The highest BCUT2D eigenvalue weighted by molar-refractivity contribution is 6.05. The molecular formula is C25H20F2N2O3. The number of nitrogens with one attached hydrogen (secondary N) is 1. The van der Waals surface area contributed by atoms with Gasteiger partial charge in [0.1, 0.15) is 17.2 Å². The molecular weight excluding hydrogens is 414 g/mol. The molecule has 0 radical (unpaired) electrons. The summed E-state index contributed by atoms with van der Waals surface area (Å²) in [6.45, 7) is 1.90. The molecule has 0 aliphatic heterocycles. The normalized spacial score (nSPS) is 13.5. The second-order valence-electron chi connectivity index (χ2n) is 8.16. The Balaban J connectivity index is 1.53. The number of amides is 1. The molecule has 1 amide bonds. The number of rotatable bonds is 4. The van der Waals surface area contributed by atoms with E-state index in [2.05, 4.69) is 5.32 Å². The Morgan fingerprint density at radius 2 is 1.75 bits per heavy atom. The molecule has 7 heteroatoms. The average molecular weight is 434 g/mol. The van der Waals surface area contributed by atoms with E-state index in [0.717, 1.165) is 52.7 Å². The number of aromatic nitrogens is 1. The van der Waals surface area contributed by atoms with Crippen molar-refractivity contribution in [2.24, 2.45) is 7.05 Å². The number of hydrogen-bond donors (Lipinski definition) is 1. The maximum absolute atomic E-state index is 13.9. The molecule has 0 spiro atoms. The van der Waals surface area contributed by atoms with Crippen molar-refractivity contribution in [3.8, 4) is 11.1 Å². The van der Waals surface area contributed by atoms with Gasteiger partial charge >= 0.3 is 5.76 Å². The van der Waals surface area contributed by atoms with Crippen molar-refractivity contribution in [1.29, 1.82) is 0 Å². The number of halogens is 2. The molecule has 32 heavy (non-hydrogen) atoms. The van der Waals surface area contributed by atoms with E-state index in [9.17, 15) is 18.4 Å². The summed E-state index contributed by atoms with van der Waals surface area (Å²) in [7, 11) is 1.69. The van der Waals surface area contributed by atoms with Crippen LogP contribution in [0.3, 0.4) is 0 Å². The summed E-state index contributed by atoms with van der Waals surface area (Å²) < 4.78 is 34.9. The summed E-state index contributed by atoms with van der Waals surface area (Å²) in [4.78, 5) is 24.5. The lowest BCUT2D eigenvalue weighted by Gasteiger charge is -2.14. The molecule has 1 aliphatic carbocycles. The number of fused-ring (bicyclic) bond motifs is 1. The fourth-order valence-electron chi connectivity index (χ4n) is 4.18. The zero-order valence-corrected chi connectivity index (χ0v) is 17.5. The Kier molecular flexibility index (Phi) is 4.69. The number of carbonyl (C=O) groups is 1. The Labute approximate surface area is 182 Å². The SMILES string of the molecule is Cc1cc(NC(=O)c2c(F)cccc2F)ccc1-c1ccc2c(oc(=O)n2C)c1C1CC1. The molecule has 1 heterocycles. The van der Waals surface area contributed by atoms with E-state index in [1.54, 1.807) is 19.2 Å². The third-order valence-electron chi connectivity index (χ3n) is 5.95. The minimum absolute atomic E-state index is 0.335. The Morgan fingerprint density at radius 1 is 1.06 bits per heavy atom. The number of benzene rings is 3. The lowest BCUT2D eigenvalue weighted by Crippen LogP contribution is -2.15. The molecule has 1 aromatic heterocycles. The first-order valence-electron chi connectivity index (χ1n) is 10.3. The van der Waals surface area contributed by atoms with Gasteiger partial charge in [0.05, 0.1) is 5.52 Å². The number of aryl methyl sites for hydroxylation is 2. The van der Waals surface area contributed by atoms with Gasteiger partial charge in [0.2, 0.25) is 0 Å². The molecule has 0 saturated heterocycles. The van der Waals surface area contributed by atoms with E-state index in [-0.39, 0.29) is 0 Å². The van der Waals surface area contributed by atoms with Crippen LogP contribution < -0.4 is 11.1 Å². The lowest BCUT2D eigenvalue weighted by molar-refractivity contribution is 0.101. The first-order chi connectivity index (χ1) is 15.3. The van der Waals surface area contributed by atoms with Crippen molar-refractivity contribution in [2.45, 2.75) is 25.7 Å². The van der Waals surface area contributed by atoms with Crippen LogP contribution in [0, 0.1) is 18.6 Å². The molecule has 162 valence electrons. The quantitative estimate of drug-likeness (QED) is 0.460. The monoisotopic (exact) mass is 434 g/mol. The van der Waals surface area contributed by atoms with Gasteiger partial charge in [0.15, 0.2) is 5.58 Å². The summed E-state index contributed by atoms with van der Waals surface area (Å²) in [5, 5.41) is 2.57. The Morgan fingerprint density at radius 3 is 2.41 bits per heavy atom. The van der Waals surface area contributed by atoms with E-state index in [0.29, 0.717) is 17.2 Å². The summed E-state index contributed by atoms with van der Waals surface area (Å²) in [6, 6.07) is 12.5. The minimum Gasteiger partial charge on any atom is -0.407 e. The van der Waals surface area contributed by atoms with Gasteiger partial charge in [-0.25, -0.2) is 13.6 Å². The molecule has 5 nitrogen and oxygen atoms in total. The van der Waals surface area contributed by atoms with Crippen molar-refractivity contribution in [3.63, 3.8) is 0 Å². The molecule has 5 rings (SSSR count). The van der Waals surface area contributed by atoms with E-state index in [4.69, 9.17) is 4.42 Å². The molecule has 3 aromatic carbocycles. The Hall–Kier alpha value is -3.74. The second-order valence-corrected chi connectivity index (χ2v) is 8.16. The third kappa shape index (κ3) is 3.30. The molecule has 1 aliphatic rings. The number of oxazole rings is 1. The summed E-state index contributed by atoms with van der Waals surface area (Å²) in [6.07, 6.45) is 2.07. The summed E-state index contributed by atoms with van der Waals surface area (Å²) in [5.41, 5.74) is 5.00. The van der Waals surface area contributed by atoms with Crippen LogP contribution >= 0.6 is 0 Å². The van der Waals surface area contributed by atoms with Crippen LogP contribution in [0.15, 0.2) is 57.7 Å². The fourth-order valence-corrected chi connectivity index (χ4v) is 4.18. The van der Waals surface area contributed by atoms with Gasteiger partial charge in [-0.2, -0.15) is 0 Å². The molecule has 1 N–H and O–H groups in total. The zero-order chi connectivity index (χ0) is 22.6. The van der Waals surface area contributed by atoms with E-state index in [1.807, 2.05) is 25.1 Å². The van der Waals surface area contributed by atoms with Gasteiger partial charge in [-0.15, -0.1) is 0 Å². The second kappa shape index (κ2) is 7.44. The van der Waals surface area contributed by atoms with Gasteiger partial charge in [0, 0.05) is 18.3 Å². The van der Waals surface area contributed by atoms with Crippen molar-refractivity contribution in [1.82, 2.24) is 4.57 Å². The third-order valence-corrected chi connectivity index (χ3v) is 5.95. The van der Waals surface area contributed by atoms with Crippen LogP contribution in [0.4, 0.5) is 14.5 Å². The maximum Gasteiger partial charge on any atom is 0.419 e. The molecule has 0 unspecified atom stereocenters. The van der Waals surface area contributed by atoms with Gasteiger partial charge in [0.25, 0.3) is 5.91 Å². The van der Waals surface area contributed by atoms with E-state index in [1.165, 1.54) is 10.6 Å². The van der Waals surface area contributed by atoms with E-state index < -0.39 is 28.9 Å². The smallest absolute Gasteiger partial charge is 0.407 e. The number of carbonyl (C=O) groups excluding carboxylic acids is 1. The summed E-state index contributed by atoms with van der Waals surface area (Å²) in [5.74, 6) is -2.74. The van der Waals surface area contributed by atoms with Crippen LogP contribution in [0.25, 0.3) is 22.2 Å². The van der Waals surface area contributed by atoms with Crippen molar-refractivity contribution in [2.75, 3.05) is 5.32 Å². The highest BCUT2D eigenvalue weighted by atomic mass is 19.1. The van der Waals surface area contributed by atoms with Crippen LogP contribution in [0.2, 0.25) is 0 Å². The highest BCUT2D eigenvalue weighted by Crippen LogP contribution is 2.48. The van der Waals surface area contributed by atoms with Crippen molar-refractivity contribution in [3.05, 3.63) is 87.4 Å². The highest BCUT2D eigenvalue weighted by Gasteiger charge is 2.31. The molecule has 0 bridgehead atoms. The largest absolute Gasteiger partial charge is 0.419 e. The van der Waals surface area contributed by atoms with Gasteiger partial charge in [-0.05, 0) is 72.7 Å². The molecule has 1 saturated carbocycles. The van der Waals surface area contributed by atoms with Crippen LogP contribution in [0.1, 0.15) is 40.2 Å². The molecule has 0 atom stereocenters. The van der Waals surface area contributed by atoms with Gasteiger partial charge < -0.3 is 9.73 Å². The minimum atomic E-state index is -0.914. The number of anilines is 1. The van der Waals surface area contributed by atoms with Gasteiger partial charge in [-0.3, -0.25) is 9.36 Å². The summed E-state index contributed by atoms with van der Waals surface area (Å²) >= 11 is 0. The standard InChI is InChI=1S/C25H20F2N2O3/c1-13-12-15(28-24(30)22-18(26)4-3-5-19(22)27)8-9-16(13)17-10-11-20-23(21(17)14-6-7-14)32-25(31)29(20)2/h3-5,8-12,14H,6-7H2,1-2H3,(H,28,30).